The van der Waals surface area contributed by atoms with Crippen molar-refractivity contribution in [2.45, 2.75) is 24.4 Å². The number of hydrogen-bond acceptors (Lipinski definition) is 4. The zero-order valence-electron chi connectivity index (χ0n) is 16.7. The molecule has 2 aromatic carbocycles. The number of carbonyl (C=O) groups is 2. The number of halogens is 1. The summed E-state index contributed by atoms with van der Waals surface area (Å²) in [4.78, 5) is 30.3. The van der Waals surface area contributed by atoms with Crippen LogP contribution in [0.4, 0.5) is 5.69 Å². The number of benzene rings is 2. The number of nitrogens with one attached hydrogen (secondary N) is 1. The molecule has 1 unspecified atom stereocenters. The summed E-state index contributed by atoms with van der Waals surface area (Å²) in [7, 11) is 5.08. The van der Waals surface area contributed by atoms with Crippen LogP contribution in [0, 0.1) is 0 Å². The highest BCUT2D eigenvalue weighted by atomic mass is 35.5. The van der Waals surface area contributed by atoms with E-state index in [-0.39, 0.29) is 11.8 Å². The van der Waals surface area contributed by atoms with Gasteiger partial charge in [-0.2, -0.15) is 0 Å². The first-order valence-electron chi connectivity index (χ1n) is 9.64. The Morgan fingerprint density at radius 1 is 1.24 bits per heavy atom. The summed E-state index contributed by atoms with van der Waals surface area (Å²) in [6.07, 6.45) is 1.52. The number of anilines is 1. The molecule has 2 aromatic rings. The van der Waals surface area contributed by atoms with E-state index in [1.165, 1.54) is 0 Å². The minimum Gasteiger partial charge on any atom is -0.496 e. The Kier molecular flexibility index (Phi) is 5.00. The predicted molar refractivity (Wildman–Crippen MR) is 112 cm³/mol. The number of amides is 2. The van der Waals surface area contributed by atoms with Crippen LogP contribution in [0.3, 0.4) is 0 Å². The van der Waals surface area contributed by atoms with E-state index in [0.29, 0.717) is 35.0 Å². The SMILES string of the molecule is COc1ccccc1C1(N2CCC[C@H]2C(=O)N(C)C)C(=O)Nc2ccc(Cl)cc21. The molecule has 0 saturated carbocycles. The molecule has 2 amide bonds. The number of para-hydroxylation sites is 1. The van der Waals surface area contributed by atoms with Gasteiger partial charge in [-0.15, -0.1) is 0 Å². The number of fused-ring (bicyclic) bond motifs is 1. The van der Waals surface area contributed by atoms with Gasteiger partial charge in [-0.25, -0.2) is 0 Å². The number of rotatable bonds is 4. The van der Waals surface area contributed by atoms with Crippen molar-refractivity contribution in [3.05, 3.63) is 58.6 Å². The summed E-state index contributed by atoms with van der Waals surface area (Å²) in [5, 5.41) is 3.55. The van der Waals surface area contributed by atoms with Gasteiger partial charge in [-0.05, 0) is 37.1 Å². The van der Waals surface area contributed by atoms with Gasteiger partial charge in [0, 0.05) is 42.5 Å². The molecule has 7 heteroatoms. The van der Waals surface area contributed by atoms with Gasteiger partial charge < -0.3 is 15.0 Å². The molecule has 2 heterocycles. The highest BCUT2D eigenvalue weighted by Crippen LogP contribution is 2.51. The fourth-order valence-corrected chi connectivity index (χ4v) is 4.81. The van der Waals surface area contributed by atoms with Crippen molar-refractivity contribution >= 4 is 29.1 Å². The van der Waals surface area contributed by atoms with E-state index in [4.69, 9.17) is 16.3 Å². The second-order valence-corrected chi connectivity index (χ2v) is 8.08. The Bertz CT molecular complexity index is 978. The van der Waals surface area contributed by atoms with Crippen molar-refractivity contribution < 1.29 is 14.3 Å². The average molecular weight is 414 g/mol. The summed E-state index contributed by atoms with van der Waals surface area (Å²) >= 11 is 6.35. The molecule has 0 bridgehead atoms. The van der Waals surface area contributed by atoms with Gasteiger partial charge in [-0.1, -0.05) is 29.8 Å². The highest BCUT2D eigenvalue weighted by molar-refractivity contribution is 6.31. The van der Waals surface area contributed by atoms with Gasteiger partial charge in [0.05, 0.1) is 13.2 Å². The van der Waals surface area contributed by atoms with Crippen LogP contribution in [0.1, 0.15) is 24.0 Å². The van der Waals surface area contributed by atoms with E-state index >= 15 is 0 Å². The average Bonchev–Trinajstić information content (AvgIpc) is 3.30. The molecule has 0 radical (unpaired) electrons. The van der Waals surface area contributed by atoms with Gasteiger partial charge >= 0.3 is 0 Å². The lowest BCUT2D eigenvalue weighted by molar-refractivity contribution is -0.138. The molecule has 2 atom stereocenters. The van der Waals surface area contributed by atoms with E-state index < -0.39 is 11.6 Å². The lowest BCUT2D eigenvalue weighted by atomic mass is 9.80. The summed E-state index contributed by atoms with van der Waals surface area (Å²) in [5.41, 5.74) is 0.963. The number of carbonyl (C=O) groups excluding carboxylic acids is 2. The Hall–Kier alpha value is -2.57. The van der Waals surface area contributed by atoms with E-state index in [1.807, 2.05) is 41.3 Å². The minimum absolute atomic E-state index is 0.0138. The second-order valence-electron chi connectivity index (χ2n) is 7.64. The van der Waals surface area contributed by atoms with Crippen LogP contribution in [0.5, 0.6) is 5.75 Å². The molecule has 2 aliphatic heterocycles. The van der Waals surface area contributed by atoms with Crippen LogP contribution in [0.25, 0.3) is 0 Å². The number of likely N-dealkylation sites (tertiary alicyclic amines) is 1. The molecule has 2 aliphatic rings. The van der Waals surface area contributed by atoms with Crippen molar-refractivity contribution in [2.24, 2.45) is 0 Å². The van der Waals surface area contributed by atoms with Crippen LogP contribution in [-0.4, -0.2) is 55.4 Å². The van der Waals surface area contributed by atoms with E-state index in [2.05, 4.69) is 5.32 Å². The minimum atomic E-state index is -1.19. The normalized spacial score (nSPS) is 23.6. The summed E-state index contributed by atoms with van der Waals surface area (Å²) in [5.74, 6) is 0.385. The van der Waals surface area contributed by atoms with Gasteiger partial charge in [-0.3, -0.25) is 14.5 Å². The number of nitrogens with zero attached hydrogens (tertiary/aromatic N) is 2. The molecule has 1 fully saturated rings. The molecular weight excluding hydrogens is 390 g/mol. The van der Waals surface area contributed by atoms with Crippen molar-refractivity contribution in [3.63, 3.8) is 0 Å². The number of ether oxygens (including phenoxy) is 1. The predicted octanol–water partition coefficient (Wildman–Crippen LogP) is 3.10. The molecule has 6 nitrogen and oxygen atoms in total. The van der Waals surface area contributed by atoms with Crippen LogP contribution in [-0.2, 0) is 15.1 Å². The number of likely N-dealkylation sites (N-methyl/N-ethyl adjacent to an activating group) is 1. The third-order valence-corrected chi connectivity index (χ3v) is 6.09. The number of methoxy groups -OCH3 is 1. The van der Waals surface area contributed by atoms with Gasteiger partial charge in [0.2, 0.25) is 5.91 Å². The largest absolute Gasteiger partial charge is 0.496 e. The van der Waals surface area contributed by atoms with Gasteiger partial charge in [0.15, 0.2) is 5.54 Å². The van der Waals surface area contributed by atoms with Crippen LogP contribution < -0.4 is 10.1 Å². The Labute approximate surface area is 175 Å². The summed E-state index contributed by atoms with van der Waals surface area (Å²) in [6, 6.07) is 12.5. The molecular formula is C22H24ClN3O3. The first-order valence-corrected chi connectivity index (χ1v) is 10.0. The fourth-order valence-electron chi connectivity index (χ4n) is 4.63. The molecule has 152 valence electrons. The maximum atomic E-state index is 13.7. The molecule has 0 aliphatic carbocycles. The van der Waals surface area contributed by atoms with Crippen molar-refractivity contribution in [2.75, 3.05) is 33.1 Å². The second kappa shape index (κ2) is 7.35. The molecule has 1 N–H and O–H groups in total. The van der Waals surface area contributed by atoms with Crippen molar-refractivity contribution in [1.29, 1.82) is 0 Å². The Morgan fingerprint density at radius 3 is 2.72 bits per heavy atom. The van der Waals surface area contributed by atoms with E-state index in [0.717, 1.165) is 12.0 Å². The topological polar surface area (TPSA) is 61.9 Å². The lowest BCUT2D eigenvalue weighted by Crippen LogP contribution is -2.57. The maximum Gasteiger partial charge on any atom is 0.254 e. The van der Waals surface area contributed by atoms with Crippen LogP contribution >= 0.6 is 11.6 Å². The molecule has 4 rings (SSSR count). The smallest absolute Gasteiger partial charge is 0.254 e. The van der Waals surface area contributed by atoms with Gasteiger partial charge in [0.1, 0.15) is 5.75 Å². The third kappa shape index (κ3) is 2.90. The Balaban J connectivity index is 2.01. The van der Waals surface area contributed by atoms with Crippen LogP contribution in [0.15, 0.2) is 42.5 Å². The molecule has 0 aromatic heterocycles. The fraction of sp³-hybridized carbons (Fsp3) is 0.364. The van der Waals surface area contributed by atoms with Crippen molar-refractivity contribution in [3.8, 4) is 5.75 Å². The molecule has 0 spiro atoms. The van der Waals surface area contributed by atoms with E-state index in [1.54, 1.807) is 32.2 Å². The summed E-state index contributed by atoms with van der Waals surface area (Å²) in [6.45, 7) is 0.613. The maximum absolute atomic E-state index is 13.7. The monoisotopic (exact) mass is 413 g/mol. The zero-order chi connectivity index (χ0) is 20.8. The van der Waals surface area contributed by atoms with Crippen LogP contribution in [0.2, 0.25) is 5.02 Å². The first-order chi connectivity index (χ1) is 13.9. The summed E-state index contributed by atoms with van der Waals surface area (Å²) < 4.78 is 5.64. The standard InChI is InChI=1S/C22H24ClN3O3/c1-25(2)20(27)18-8-6-12-26(18)22(15-7-4-5-9-19(15)29-3)16-13-14(23)10-11-17(16)24-21(22)28/h4-5,7,9-11,13,18H,6,8,12H2,1-3H3,(H,24,28)/t18-,22?/m0/s1. The lowest BCUT2D eigenvalue weighted by Gasteiger charge is -2.41. The Morgan fingerprint density at radius 2 is 2.00 bits per heavy atom. The molecule has 1 saturated heterocycles. The first kappa shape index (κ1) is 19.7. The highest BCUT2D eigenvalue weighted by Gasteiger charge is 2.58. The molecule has 29 heavy (non-hydrogen) atoms. The van der Waals surface area contributed by atoms with Gasteiger partial charge in [0.25, 0.3) is 5.91 Å². The van der Waals surface area contributed by atoms with E-state index in [9.17, 15) is 9.59 Å². The van der Waals surface area contributed by atoms with Crippen molar-refractivity contribution in [1.82, 2.24) is 9.80 Å². The number of hydrogen-bond donors (Lipinski definition) is 1. The zero-order valence-corrected chi connectivity index (χ0v) is 17.5. The quantitative estimate of drug-likeness (QED) is 0.836. The third-order valence-electron chi connectivity index (χ3n) is 5.85.